The van der Waals surface area contributed by atoms with Crippen molar-refractivity contribution < 1.29 is 0 Å². The van der Waals surface area contributed by atoms with Crippen LogP contribution in [0.4, 0.5) is 0 Å². The summed E-state index contributed by atoms with van der Waals surface area (Å²) < 4.78 is 0. The molecule has 3 nitrogen and oxygen atoms in total. The highest BCUT2D eigenvalue weighted by Gasteiger charge is 2.13. The van der Waals surface area contributed by atoms with Crippen LogP contribution in [-0.2, 0) is 6.42 Å². The molecule has 0 aliphatic carbocycles. The first kappa shape index (κ1) is 12.9. The number of hydrazine groups is 1. The van der Waals surface area contributed by atoms with E-state index in [0.717, 1.165) is 25.0 Å². The van der Waals surface area contributed by atoms with E-state index in [4.69, 9.17) is 5.84 Å². The summed E-state index contributed by atoms with van der Waals surface area (Å²) in [6, 6.07) is 4.19. The third kappa shape index (κ3) is 3.43. The third-order valence-electron chi connectivity index (χ3n) is 2.70. The van der Waals surface area contributed by atoms with Gasteiger partial charge < -0.3 is 0 Å². The highest BCUT2D eigenvalue weighted by molar-refractivity contribution is 5.22. The second-order valence-electron chi connectivity index (χ2n) is 4.12. The minimum absolute atomic E-state index is 0.118. The van der Waals surface area contributed by atoms with Gasteiger partial charge in [0.25, 0.3) is 0 Å². The molecule has 0 aromatic carbocycles. The first-order valence-electron chi connectivity index (χ1n) is 5.73. The Hall–Kier alpha value is -1.19. The van der Waals surface area contributed by atoms with E-state index < -0.39 is 0 Å². The Morgan fingerprint density at radius 2 is 2.38 bits per heavy atom. The Balaban J connectivity index is 2.81. The van der Waals surface area contributed by atoms with E-state index in [9.17, 15) is 0 Å². The molecule has 1 aromatic rings. The summed E-state index contributed by atoms with van der Waals surface area (Å²) >= 11 is 0. The largest absolute Gasteiger partial charge is 0.271 e. The quantitative estimate of drug-likeness (QED) is 0.439. The van der Waals surface area contributed by atoms with Gasteiger partial charge in [-0.15, -0.1) is 6.58 Å². The van der Waals surface area contributed by atoms with Crippen LogP contribution in [0.1, 0.15) is 44.0 Å². The lowest BCUT2D eigenvalue weighted by molar-refractivity contribution is 0.500. The zero-order chi connectivity index (χ0) is 12.0. The molecule has 1 atom stereocenters. The van der Waals surface area contributed by atoms with Crippen molar-refractivity contribution in [3.05, 3.63) is 41.7 Å². The molecular formula is C13H21N3. The molecule has 88 valence electrons. The normalized spacial score (nSPS) is 12.4. The van der Waals surface area contributed by atoms with Gasteiger partial charge in [0, 0.05) is 6.20 Å². The molecule has 16 heavy (non-hydrogen) atoms. The highest BCUT2D eigenvalue weighted by atomic mass is 15.2. The molecule has 3 N–H and O–H groups in total. The van der Waals surface area contributed by atoms with Gasteiger partial charge in [0.1, 0.15) is 0 Å². The van der Waals surface area contributed by atoms with Crippen molar-refractivity contribution in [1.82, 2.24) is 10.4 Å². The molecule has 0 radical (unpaired) electrons. The maximum atomic E-state index is 5.59. The summed E-state index contributed by atoms with van der Waals surface area (Å²) in [5, 5.41) is 0. The van der Waals surface area contributed by atoms with Gasteiger partial charge in [0.2, 0.25) is 0 Å². The molecule has 0 spiro atoms. The van der Waals surface area contributed by atoms with Crippen molar-refractivity contribution in [2.24, 2.45) is 5.84 Å². The van der Waals surface area contributed by atoms with Crippen LogP contribution in [0.25, 0.3) is 0 Å². The lowest BCUT2D eigenvalue weighted by Crippen LogP contribution is -2.29. The third-order valence-corrected chi connectivity index (χ3v) is 2.70. The molecule has 1 heterocycles. The Kier molecular flexibility index (Phi) is 5.15. The SMILES string of the molecule is C=C(C)CCC(NN)c1ncccc1CC. The van der Waals surface area contributed by atoms with Gasteiger partial charge >= 0.3 is 0 Å². The van der Waals surface area contributed by atoms with Crippen LogP contribution >= 0.6 is 0 Å². The molecule has 0 amide bonds. The molecule has 0 saturated heterocycles. The Morgan fingerprint density at radius 3 is 2.94 bits per heavy atom. The van der Waals surface area contributed by atoms with E-state index in [1.54, 1.807) is 0 Å². The standard InChI is InChI=1S/C13H21N3/c1-4-11-6-5-9-15-13(11)12(16-14)8-7-10(2)3/h5-6,9,12,16H,2,4,7-8,14H2,1,3H3. The van der Waals surface area contributed by atoms with Crippen LogP contribution in [-0.4, -0.2) is 4.98 Å². The van der Waals surface area contributed by atoms with E-state index in [1.807, 2.05) is 19.2 Å². The van der Waals surface area contributed by atoms with Gasteiger partial charge in [-0.1, -0.05) is 18.6 Å². The number of aromatic nitrogens is 1. The van der Waals surface area contributed by atoms with Gasteiger partial charge in [-0.3, -0.25) is 16.3 Å². The molecule has 0 bridgehead atoms. The summed E-state index contributed by atoms with van der Waals surface area (Å²) in [6.07, 6.45) is 4.71. The fourth-order valence-electron chi connectivity index (χ4n) is 1.75. The van der Waals surface area contributed by atoms with Gasteiger partial charge in [-0.25, -0.2) is 0 Å². The van der Waals surface area contributed by atoms with Crippen molar-refractivity contribution in [3.63, 3.8) is 0 Å². The second-order valence-corrected chi connectivity index (χ2v) is 4.12. The van der Waals surface area contributed by atoms with Crippen LogP contribution in [0.15, 0.2) is 30.5 Å². The second kappa shape index (κ2) is 6.40. The molecule has 1 aromatic heterocycles. The number of nitrogens with one attached hydrogen (secondary N) is 1. The van der Waals surface area contributed by atoms with Crippen LogP contribution in [0, 0.1) is 0 Å². The van der Waals surface area contributed by atoms with Crippen molar-refractivity contribution in [3.8, 4) is 0 Å². The zero-order valence-corrected chi connectivity index (χ0v) is 10.2. The molecule has 0 aliphatic rings. The average molecular weight is 219 g/mol. The predicted octanol–water partition coefficient (Wildman–Crippen LogP) is 2.50. The summed E-state index contributed by atoms with van der Waals surface area (Å²) in [4.78, 5) is 4.43. The topological polar surface area (TPSA) is 50.9 Å². The maximum Gasteiger partial charge on any atom is 0.0638 e. The van der Waals surface area contributed by atoms with E-state index in [-0.39, 0.29) is 6.04 Å². The number of rotatable bonds is 6. The van der Waals surface area contributed by atoms with Crippen molar-refractivity contribution in [2.45, 2.75) is 39.2 Å². The van der Waals surface area contributed by atoms with E-state index in [2.05, 4.69) is 30.0 Å². The molecule has 1 unspecified atom stereocenters. The van der Waals surface area contributed by atoms with Crippen LogP contribution < -0.4 is 11.3 Å². The number of pyridine rings is 1. The maximum absolute atomic E-state index is 5.59. The first-order valence-corrected chi connectivity index (χ1v) is 5.73. The number of nitrogens with zero attached hydrogens (tertiary/aromatic N) is 1. The summed E-state index contributed by atoms with van der Waals surface area (Å²) in [5.41, 5.74) is 6.34. The molecule has 1 rings (SSSR count). The fourth-order valence-corrected chi connectivity index (χ4v) is 1.75. The van der Waals surface area contributed by atoms with Crippen LogP contribution in [0.3, 0.4) is 0 Å². The number of allylic oxidation sites excluding steroid dienone is 1. The van der Waals surface area contributed by atoms with Gasteiger partial charge in [-0.2, -0.15) is 0 Å². The summed E-state index contributed by atoms with van der Waals surface area (Å²) in [7, 11) is 0. The fraction of sp³-hybridized carbons (Fsp3) is 0.462. The number of hydrogen-bond donors (Lipinski definition) is 2. The Bertz CT molecular complexity index is 347. The molecule has 0 aliphatic heterocycles. The van der Waals surface area contributed by atoms with Crippen molar-refractivity contribution in [2.75, 3.05) is 0 Å². The Morgan fingerprint density at radius 1 is 1.62 bits per heavy atom. The highest BCUT2D eigenvalue weighted by Crippen LogP contribution is 2.21. The van der Waals surface area contributed by atoms with Gasteiger partial charge in [0.15, 0.2) is 0 Å². The number of nitrogens with two attached hydrogens (primary N) is 1. The first-order chi connectivity index (χ1) is 7.69. The molecule has 0 fully saturated rings. The zero-order valence-electron chi connectivity index (χ0n) is 10.2. The molecular weight excluding hydrogens is 198 g/mol. The van der Waals surface area contributed by atoms with E-state index in [1.165, 1.54) is 11.1 Å². The lowest BCUT2D eigenvalue weighted by Gasteiger charge is -2.18. The average Bonchev–Trinajstić information content (AvgIpc) is 2.30. The van der Waals surface area contributed by atoms with E-state index >= 15 is 0 Å². The smallest absolute Gasteiger partial charge is 0.0638 e. The Labute approximate surface area is 97.7 Å². The minimum Gasteiger partial charge on any atom is -0.271 e. The van der Waals surface area contributed by atoms with E-state index in [0.29, 0.717) is 0 Å². The summed E-state index contributed by atoms with van der Waals surface area (Å²) in [6.45, 7) is 8.07. The molecule has 3 heteroatoms. The minimum atomic E-state index is 0.118. The summed E-state index contributed by atoms with van der Waals surface area (Å²) in [5.74, 6) is 5.59. The van der Waals surface area contributed by atoms with Crippen LogP contribution in [0.5, 0.6) is 0 Å². The van der Waals surface area contributed by atoms with Crippen molar-refractivity contribution >= 4 is 0 Å². The van der Waals surface area contributed by atoms with Gasteiger partial charge in [-0.05, 0) is 37.8 Å². The lowest BCUT2D eigenvalue weighted by atomic mass is 10.00. The predicted molar refractivity (Wildman–Crippen MR) is 67.7 cm³/mol. The molecule has 0 saturated carbocycles. The monoisotopic (exact) mass is 219 g/mol. The number of aryl methyl sites for hydroxylation is 1. The van der Waals surface area contributed by atoms with Gasteiger partial charge in [0.05, 0.1) is 11.7 Å². The number of hydrogen-bond acceptors (Lipinski definition) is 3. The van der Waals surface area contributed by atoms with Crippen LogP contribution in [0.2, 0.25) is 0 Å². The van der Waals surface area contributed by atoms with Crippen molar-refractivity contribution in [1.29, 1.82) is 0 Å².